The van der Waals surface area contributed by atoms with Crippen LogP contribution >= 0.6 is 0 Å². The third kappa shape index (κ3) is 2.52. The second kappa shape index (κ2) is 6.14. The van der Waals surface area contributed by atoms with Crippen molar-refractivity contribution < 1.29 is 8.42 Å². The van der Waals surface area contributed by atoms with Crippen molar-refractivity contribution in [2.24, 2.45) is 7.05 Å². The minimum absolute atomic E-state index is 0.282. The monoisotopic (exact) mass is 373 g/mol. The van der Waals surface area contributed by atoms with E-state index in [1.165, 1.54) is 3.97 Å². The highest BCUT2D eigenvalue weighted by Crippen LogP contribution is 2.31. The van der Waals surface area contributed by atoms with Crippen molar-refractivity contribution in [3.8, 4) is 0 Å². The Morgan fingerprint density at radius 2 is 1.85 bits per heavy atom. The standard InChI is InChI=1S/C18H23N5O2S/c1-13-18(14(2)21(3)20-13)26(24,25)23-10-7-15-16(5-4-6-17(15)23)22-11-8-19-9-12-22/h4-7,10,19H,8-9,11-12H2,1-3H3. The second-order valence-electron chi connectivity index (χ2n) is 6.69. The first-order chi connectivity index (χ1) is 12.4. The number of fused-ring (bicyclic) bond motifs is 1. The van der Waals surface area contributed by atoms with Gasteiger partial charge in [0.25, 0.3) is 10.0 Å². The molecule has 1 saturated heterocycles. The molecule has 0 radical (unpaired) electrons. The quantitative estimate of drug-likeness (QED) is 0.756. The Hall–Kier alpha value is -2.32. The third-order valence-electron chi connectivity index (χ3n) is 5.09. The first kappa shape index (κ1) is 17.1. The number of aryl methyl sites for hydroxylation is 2. The summed E-state index contributed by atoms with van der Waals surface area (Å²) in [4.78, 5) is 2.58. The lowest BCUT2D eigenvalue weighted by molar-refractivity contribution is 0.587. The van der Waals surface area contributed by atoms with Crippen LogP contribution in [0.2, 0.25) is 0 Å². The molecule has 0 aliphatic carbocycles. The Bertz CT molecular complexity index is 1070. The molecule has 7 nitrogen and oxygen atoms in total. The van der Waals surface area contributed by atoms with E-state index in [0.717, 1.165) is 37.3 Å². The number of piperazine rings is 1. The van der Waals surface area contributed by atoms with Crippen LogP contribution in [0.4, 0.5) is 5.69 Å². The summed E-state index contributed by atoms with van der Waals surface area (Å²) >= 11 is 0. The van der Waals surface area contributed by atoms with Gasteiger partial charge in [-0.1, -0.05) is 6.07 Å². The molecule has 0 amide bonds. The number of hydrogen-bond acceptors (Lipinski definition) is 5. The van der Waals surface area contributed by atoms with Crippen LogP contribution in [0.3, 0.4) is 0 Å². The van der Waals surface area contributed by atoms with Gasteiger partial charge in [0.15, 0.2) is 0 Å². The van der Waals surface area contributed by atoms with Gasteiger partial charge in [0.1, 0.15) is 4.90 Å². The van der Waals surface area contributed by atoms with E-state index in [0.29, 0.717) is 16.9 Å². The summed E-state index contributed by atoms with van der Waals surface area (Å²) in [6.45, 7) is 7.21. The van der Waals surface area contributed by atoms with E-state index in [2.05, 4.69) is 21.4 Å². The number of hydrogen-bond donors (Lipinski definition) is 1. The van der Waals surface area contributed by atoms with Crippen molar-refractivity contribution in [1.82, 2.24) is 19.1 Å². The van der Waals surface area contributed by atoms with Crippen LogP contribution in [0.15, 0.2) is 35.4 Å². The average molecular weight is 373 g/mol. The molecule has 1 fully saturated rings. The Labute approximate surface area is 153 Å². The molecule has 0 saturated carbocycles. The molecule has 1 aliphatic heterocycles. The highest BCUT2D eigenvalue weighted by atomic mass is 32.2. The van der Waals surface area contributed by atoms with Gasteiger partial charge < -0.3 is 10.2 Å². The molecule has 1 aromatic carbocycles. The van der Waals surface area contributed by atoms with Crippen molar-refractivity contribution in [2.45, 2.75) is 18.7 Å². The number of aromatic nitrogens is 3. The molecule has 4 rings (SSSR count). The van der Waals surface area contributed by atoms with Gasteiger partial charge in [-0.05, 0) is 32.0 Å². The fourth-order valence-corrected chi connectivity index (χ4v) is 5.50. The SMILES string of the molecule is Cc1nn(C)c(C)c1S(=O)(=O)n1ccc2c(N3CCNCC3)cccc21. The van der Waals surface area contributed by atoms with E-state index in [-0.39, 0.29) is 4.90 Å². The summed E-state index contributed by atoms with van der Waals surface area (Å²) in [5, 5.41) is 8.57. The minimum Gasteiger partial charge on any atom is -0.368 e. The van der Waals surface area contributed by atoms with Gasteiger partial charge in [0, 0.05) is 50.5 Å². The first-order valence-electron chi connectivity index (χ1n) is 8.73. The lowest BCUT2D eigenvalue weighted by atomic mass is 10.2. The fourth-order valence-electron chi connectivity index (χ4n) is 3.74. The second-order valence-corrected chi connectivity index (χ2v) is 8.44. The maximum absolute atomic E-state index is 13.3. The lowest BCUT2D eigenvalue weighted by Crippen LogP contribution is -2.43. The van der Waals surface area contributed by atoms with E-state index in [1.807, 2.05) is 18.2 Å². The number of anilines is 1. The highest BCUT2D eigenvalue weighted by Gasteiger charge is 2.27. The van der Waals surface area contributed by atoms with Crippen molar-refractivity contribution in [2.75, 3.05) is 31.1 Å². The van der Waals surface area contributed by atoms with Crippen molar-refractivity contribution in [3.63, 3.8) is 0 Å². The molecule has 0 unspecified atom stereocenters. The minimum atomic E-state index is -3.71. The van der Waals surface area contributed by atoms with E-state index in [9.17, 15) is 8.42 Å². The van der Waals surface area contributed by atoms with Gasteiger partial charge in [-0.3, -0.25) is 4.68 Å². The average Bonchev–Trinajstić information content (AvgIpc) is 3.17. The first-order valence-corrected chi connectivity index (χ1v) is 10.2. The molecule has 2 aromatic heterocycles. The fraction of sp³-hybridized carbons (Fsp3) is 0.389. The summed E-state index contributed by atoms with van der Waals surface area (Å²) < 4.78 is 29.7. The van der Waals surface area contributed by atoms with Crippen LogP contribution < -0.4 is 10.2 Å². The summed E-state index contributed by atoms with van der Waals surface area (Å²) in [6.07, 6.45) is 1.65. The summed E-state index contributed by atoms with van der Waals surface area (Å²) in [6, 6.07) is 7.74. The molecular weight excluding hydrogens is 350 g/mol. The van der Waals surface area contributed by atoms with Gasteiger partial charge >= 0.3 is 0 Å². The van der Waals surface area contributed by atoms with Crippen molar-refractivity contribution >= 4 is 26.6 Å². The molecule has 0 spiro atoms. The van der Waals surface area contributed by atoms with Crippen molar-refractivity contribution in [1.29, 1.82) is 0 Å². The molecule has 26 heavy (non-hydrogen) atoms. The van der Waals surface area contributed by atoms with Gasteiger partial charge in [-0.25, -0.2) is 12.4 Å². The van der Waals surface area contributed by atoms with Crippen LogP contribution in [0.25, 0.3) is 10.9 Å². The summed E-state index contributed by atoms with van der Waals surface area (Å²) in [5.74, 6) is 0. The largest absolute Gasteiger partial charge is 0.368 e. The van der Waals surface area contributed by atoms with E-state index in [1.54, 1.807) is 31.8 Å². The Morgan fingerprint density at radius 1 is 1.12 bits per heavy atom. The van der Waals surface area contributed by atoms with Crippen LogP contribution in [-0.2, 0) is 17.1 Å². The van der Waals surface area contributed by atoms with E-state index < -0.39 is 10.0 Å². The number of nitrogens with zero attached hydrogens (tertiary/aromatic N) is 4. The predicted octanol–water partition coefficient (Wildman–Crippen LogP) is 1.64. The normalized spacial score (nSPS) is 15.7. The Balaban J connectivity index is 1.88. The number of nitrogens with one attached hydrogen (secondary N) is 1. The van der Waals surface area contributed by atoms with Crippen LogP contribution in [0, 0.1) is 13.8 Å². The molecule has 138 valence electrons. The summed E-state index contributed by atoms with van der Waals surface area (Å²) in [7, 11) is -1.95. The third-order valence-corrected chi connectivity index (χ3v) is 7.03. The van der Waals surface area contributed by atoms with Gasteiger partial charge in [0.2, 0.25) is 0 Å². The molecule has 3 aromatic rings. The van der Waals surface area contributed by atoms with Crippen molar-refractivity contribution in [3.05, 3.63) is 41.9 Å². The topological polar surface area (TPSA) is 72.2 Å². The van der Waals surface area contributed by atoms with E-state index in [4.69, 9.17) is 0 Å². The molecular formula is C18H23N5O2S. The van der Waals surface area contributed by atoms with Crippen LogP contribution in [-0.4, -0.2) is 48.3 Å². The van der Waals surface area contributed by atoms with Crippen LogP contribution in [0.5, 0.6) is 0 Å². The Kier molecular flexibility index (Phi) is 4.04. The van der Waals surface area contributed by atoms with Gasteiger partial charge in [-0.2, -0.15) is 5.10 Å². The molecule has 1 aliphatic rings. The molecule has 8 heteroatoms. The molecule has 0 atom stereocenters. The lowest BCUT2D eigenvalue weighted by Gasteiger charge is -2.30. The number of benzene rings is 1. The summed E-state index contributed by atoms with van der Waals surface area (Å²) in [5.41, 5.74) is 2.94. The predicted molar refractivity (Wildman–Crippen MR) is 102 cm³/mol. The zero-order valence-electron chi connectivity index (χ0n) is 15.2. The van der Waals surface area contributed by atoms with E-state index >= 15 is 0 Å². The number of rotatable bonds is 3. The van der Waals surface area contributed by atoms with Gasteiger partial charge in [-0.15, -0.1) is 0 Å². The van der Waals surface area contributed by atoms with Gasteiger partial charge in [0.05, 0.1) is 16.9 Å². The smallest absolute Gasteiger partial charge is 0.271 e. The highest BCUT2D eigenvalue weighted by molar-refractivity contribution is 7.90. The zero-order valence-corrected chi connectivity index (χ0v) is 16.0. The molecule has 1 N–H and O–H groups in total. The molecule has 0 bridgehead atoms. The maximum Gasteiger partial charge on any atom is 0.271 e. The maximum atomic E-state index is 13.3. The van der Waals surface area contributed by atoms with Crippen LogP contribution in [0.1, 0.15) is 11.4 Å². The molecule has 3 heterocycles. The zero-order chi connectivity index (χ0) is 18.5. The Morgan fingerprint density at radius 3 is 2.50 bits per heavy atom.